The van der Waals surface area contributed by atoms with Gasteiger partial charge < -0.3 is 9.30 Å². The Balaban J connectivity index is 2.19. The van der Waals surface area contributed by atoms with E-state index in [4.69, 9.17) is 27.9 Å². The quantitative estimate of drug-likeness (QED) is 0.648. The van der Waals surface area contributed by atoms with Gasteiger partial charge in [-0.05, 0) is 31.2 Å². The highest BCUT2D eigenvalue weighted by molar-refractivity contribution is 6.43. The molecule has 3 aromatic rings. The molecule has 1 aromatic heterocycles. The number of carbonyl (C=O) groups excluding carboxylic acids is 1. The molecule has 0 unspecified atom stereocenters. The van der Waals surface area contributed by atoms with Crippen molar-refractivity contribution in [3.63, 3.8) is 0 Å². The van der Waals surface area contributed by atoms with E-state index in [2.05, 4.69) is 4.98 Å². The number of rotatable bonds is 4. The van der Waals surface area contributed by atoms with E-state index in [0.717, 1.165) is 11.0 Å². The Hall–Kier alpha value is -2.04. The average Bonchev–Trinajstić information content (AvgIpc) is 2.89. The number of benzene rings is 2. The van der Waals surface area contributed by atoms with Crippen molar-refractivity contribution in [3.05, 3.63) is 52.5 Å². The number of fused-ring (bicyclic) bond motifs is 1. The topological polar surface area (TPSA) is 44.1 Å². The molecule has 0 spiro atoms. The number of hydrogen-bond donors (Lipinski definition) is 0. The third-order valence-corrected chi connectivity index (χ3v) is 4.26. The Morgan fingerprint density at radius 2 is 1.96 bits per heavy atom. The summed E-state index contributed by atoms with van der Waals surface area (Å²) in [4.78, 5) is 16.6. The molecule has 3 rings (SSSR count). The minimum atomic E-state index is -0.324. The molecule has 0 fully saturated rings. The molecule has 0 aliphatic carbocycles. The maximum atomic E-state index is 12.0. The van der Waals surface area contributed by atoms with E-state index in [1.165, 1.54) is 0 Å². The minimum absolute atomic E-state index is 0.0620. The Morgan fingerprint density at radius 1 is 1.17 bits per heavy atom. The molecule has 0 aliphatic rings. The summed E-state index contributed by atoms with van der Waals surface area (Å²) < 4.78 is 6.86. The predicted octanol–water partition coefficient (Wildman–Crippen LogP) is 4.57. The zero-order valence-electron chi connectivity index (χ0n) is 12.4. The van der Waals surface area contributed by atoms with Crippen molar-refractivity contribution in [2.24, 2.45) is 0 Å². The maximum absolute atomic E-state index is 12.0. The molecule has 0 atom stereocenters. The van der Waals surface area contributed by atoms with Crippen LogP contribution in [0, 0.1) is 0 Å². The van der Waals surface area contributed by atoms with Crippen LogP contribution in [-0.2, 0) is 16.1 Å². The standard InChI is InChI=1S/C17H14Cl2N2O2/c1-2-23-15(22)10-21-14-9-4-3-8-13(14)20-17(21)11-6-5-7-12(18)16(11)19/h3-9H,2,10H2,1H3. The lowest BCUT2D eigenvalue weighted by Crippen LogP contribution is -2.14. The molecule has 23 heavy (non-hydrogen) atoms. The van der Waals surface area contributed by atoms with Gasteiger partial charge in [-0.15, -0.1) is 0 Å². The van der Waals surface area contributed by atoms with E-state index in [1.54, 1.807) is 23.6 Å². The molecule has 0 saturated carbocycles. The van der Waals surface area contributed by atoms with Gasteiger partial charge in [0, 0.05) is 5.56 Å². The lowest BCUT2D eigenvalue weighted by atomic mass is 10.2. The van der Waals surface area contributed by atoms with E-state index in [9.17, 15) is 4.79 Å². The first-order chi connectivity index (χ1) is 11.1. The van der Waals surface area contributed by atoms with Crippen LogP contribution in [-0.4, -0.2) is 22.1 Å². The molecule has 4 nitrogen and oxygen atoms in total. The number of hydrogen-bond acceptors (Lipinski definition) is 3. The van der Waals surface area contributed by atoms with Gasteiger partial charge in [-0.25, -0.2) is 4.98 Å². The van der Waals surface area contributed by atoms with E-state index in [-0.39, 0.29) is 12.5 Å². The first-order valence-corrected chi connectivity index (χ1v) is 7.92. The molecule has 0 aliphatic heterocycles. The van der Waals surface area contributed by atoms with Crippen LogP contribution in [0.4, 0.5) is 0 Å². The van der Waals surface area contributed by atoms with Crippen LogP contribution in [0.3, 0.4) is 0 Å². The number of nitrogens with zero attached hydrogens (tertiary/aromatic N) is 2. The van der Waals surface area contributed by atoms with E-state index in [0.29, 0.717) is 28.0 Å². The summed E-state index contributed by atoms with van der Waals surface area (Å²) in [7, 11) is 0. The zero-order chi connectivity index (χ0) is 16.4. The van der Waals surface area contributed by atoms with E-state index < -0.39 is 0 Å². The number of halogens is 2. The number of para-hydroxylation sites is 2. The number of imidazole rings is 1. The number of carbonyl (C=O) groups is 1. The molecule has 2 aromatic carbocycles. The summed E-state index contributed by atoms with van der Waals surface area (Å²) in [6, 6.07) is 12.9. The molecule has 0 amide bonds. The minimum Gasteiger partial charge on any atom is -0.465 e. The van der Waals surface area contributed by atoms with Gasteiger partial charge in [-0.1, -0.05) is 41.4 Å². The van der Waals surface area contributed by atoms with Crippen molar-refractivity contribution in [2.45, 2.75) is 13.5 Å². The van der Waals surface area contributed by atoms with Crippen molar-refractivity contribution in [3.8, 4) is 11.4 Å². The fraction of sp³-hybridized carbons (Fsp3) is 0.176. The lowest BCUT2D eigenvalue weighted by Gasteiger charge is -2.10. The molecular weight excluding hydrogens is 335 g/mol. The van der Waals surface area contributed by atoms with E-state index in [1.807, 2.05) is 30.3 Å². The van der Waals surface area contributed by atoms with Gasteiger partial charge in [-0.3, -0.25) is 4.79 Å². The second-order valence-corrected chi connectivity index (χ2v) is 5.70. The normalized spacial score (nSPS) is 10.9. The van der Waals surface area contributed by atoms with Gasteiger partial charge in [0.25, 0.3) is 0 Å². The van der Waals surface area contributed by atoms with Crippen LogP contribution in [0.15, 0.2) is 42.5 Å². The van der Waals surface area contributed by atoms with Crippen molar-refractivity contribution in [1.29, 1.82) is 0 Å². The fourth-order valence-electron chi connectivity index (χ4n) is 2.45. The Morgan fingerprint density at radius 3 is 2.74 bits per heavy atom. The van der Waals surface area contributed by atoms with Gasteiger partial charge in [0.15, 0.2) is 0 Å². The summed E-state index contributed by atoms with van der Waals surface area (Å²) in [6.07, 6.45) is 0. The van der Waals surface area contributed by atoms with Crippen LogP contribution < -0.4 is 0 Å². The molecule has 0 N–H and O–H groups in total. The van der Waals surface area contributed by atoms with Crippen LogP contribution in [0.1, 0.15) is 6.92 Å². The molecule has 6 heteroatoms. The van der Waals surface area contributed by atoms with Gasteiger partial charge in [0.05, 0.1) is 27.7 Å². The second-order valence-electron chi connectivity index (χ2n) is 4.92. The highest BCUT2D eigenvalue weighted by atomic mass is 35.5. The summed E-state index contributed by atoms with van der Waals surface area (Å²) in [5, 5.41) is 0.855. The molecular formula is C17H14Cl2N2O2. The summed E-state index contributed by atoms with van der Waals surface area (Å²) >= 11 is 12.4. The summed E-state index contributed by atoms with van der Waals surface area (Å²) in [5.41, 5.74) is 2.30. The van der Waals surface area contributed by atoms with Crippen LogP contribution in [0.5, 0.6) is 0 Å². The van der Waals surface area contributed by atoms with Gasteiger partial charge in [0.1, 0.15) is 12.4 Å². The monoisotopic (exact) mass is 348 g/mol. The molecule has 0 radical (unpaired) electrons. The smallest absolute Gasteiger partial charge is 0.326 e. The summed E-state index contributed by atoms with van der Waals surface area (Å²) in [6.45, 7) is 2.17. The van der Waals surface area contributed by atoms with Crippen molar-refractivity contribution in [2.75, 3.05) is 6.61 Å². The van der Waals surface area contributed by atoms with Gasteiger partial charge in [0.2, 0.25) is 0 Å². The van der Waals surface area contributed by atoms with Crippen molar-refractivity contribution >= 4 is 40.2 Å². The molecule has 118 valence electrons. The Labute approximate surface area is 143 Å². The number of esters is 1. The fourth-order valence-corrected chi connectivity index (χ4v) is 2.84. The number of ether oxygens (including phenoxy) is 1. The SMILES string of the molecule is CCOC(=O)Cn1c(-c2cccc(Cl)c2Cl)nc2ccccc21. The first-order valence-electron chi connectivity index (χ1n) is 7.17. The van der Waals surface area contributed by atoms with Gasteiger partial charge in [-0.2, -0.15) is 0 Å². The summed E-state index contributed by atoms with van der Waals surface area (Å²) in [5.74, 6) is 0.266. The molecule has 0 bridgehead atoms. The third-order valence-electron chi connectivity index (χ3n) is 3.44. The average molecular weight is 349 g/mol. The predicted molar refractivity (Wildman–Crippen MR) is 91.8 cm³/mol. The number of aromatic nitrogens is 2. The van der Waals surface area contributed by atoms with E-state index >= 15 is 0 Å². The molecule has 0 saturated heterocycles. The molecule has 1 heterocycles. The first kappa shape index (κ1) is 15.8. The zero-order valence-corrected chi connectivity index (χ0v) is 13.9. The van der Waals surface area contributed by atoms with Crippen LogP contribution in [0.2, 0.25) is 10.0 Å². The van der Waals surface area contributed by atoms with Crippen LogP contribution >= 0.6 is 23.2 Å². The van der Waals surface area contributed by atoms with Gasteiger partial charge >= 0.3 is 5.97 Å². The van der Waals surface area contributed by atoms with Crippen molar-refractivity contribution < 1.29 is 9.53 Å². The van der Waals surface area contributed by atoms with Crippen molar-refractivity contribution in [1.82, 2.24) is 9.55 Å². The third kappa shape index (κ3) is 3.05. The maximum Gasteiger partial charge on any atom is 0.326 e. The lowest BCUT2D eigenvalue weighted by molar-refractivity contribution is -0.143. The highest BCUT2D eigenvalue weighted by Gasteiger charge is 2.18. The van der Waals surface area contributed by atoms with Crippen LogP contribution in [0.25, 0.3) is 22.4 Å². The highest BCUT2D eigenvalue weighted by Crippen LogP contribution is 2.34. The largest absolute Gasteiger partial charge is 0.465 e. The second kappa shape index (κ2) is 6.60. The Kier molecular flexibility index (Phi) is 4.55. The Bertz CT molecular complexity index is 874.